The number of halogens is 1. The molecule has 6 nitrogen and oxygen atoms in total. The molecule has 0 spiro atoms. The predicted molar refractivity (Wildman–Crippen MR) is 108 cm³/mol. The number of hydrogen-bond acceptors (Lipinski definition) is 4. The van der Waals surface area contributed by atoms with E-state index in [2.05, 4.69) is 20.9 Å². The first kappa shape index (κ1) is 18.4. The van der Waals surface area contributed by atoms with Crippen molar-refractivity contribution < 1.29 is 9.59 Å². The molecule has 0 unspecified atom stereocenters. The highest BCUT2D eigenvalue weighted by molar-refractivity contribution is 6.30. The molecule has 1 aromatic heterocycles. The van der Waals surface area contributed by atoms with Gasteiger partial charge < -0.3 is 16.0 Å². The van der Waals surface area contributed by atoms with Crippen LogP contribution in [0.5, 0.6) is 0 Å². The third kappa shape index (κ3) is 5.29. The fourth-order valence-electron chi connectivity index (χ4n) is 2.41. The first-order chi connectivity index (χ1) is 13.0. The fourth-order valence-corrected chi connectivity index (χ4v) is 2.53. The van der Waals surface area contributed by atoms with E-state index in [4.69, 9.17) is 11.6 Å². The summed E-state index contributed by atoms with van der Waals surface area (Å²) in [6, 6.07) is 17.5. The molecule has 2 amide bonds. The van der Waals surface area contributed by atoms with Crippen LogP contribution in [0, 0.1) is 0 Å². The van der Waals surface area contributed by atoms with E-state index in [-0.39, 0.29) is 17.5 Å². The van der Waals surface area contributed by atoms with Gasteiger partial charge in [-0.1, -0.05) is 17.7 Å². The van der Waals surface area contributed by atoms with Gasteiger partial charge in [0.2, 0.25) is 5.91 Å². The Morgan fingerprint density at radius 1 is 0.852 bits per heavy atom. The highest BCUT2D eigenvalue weighted by Crippen LogP contribution is 2.21. The molecule has 3 rings (SSSR count). The summed E-state index contributed by atoms with van der Waals surface area (Å²) < 4.78 is 0. The number of nitrogens with zero attached hydrogens (tertiary/aromatic N) is 1. The lowest BCUT2D eigenvalue weighted by atomic mass is 10.2. The lowest BCUT2D eigenvalue weighted by molar-refractivity contribution is -0.114. The average Bonchev–Trinajstić information content (AvgIpc) is 2.63. The zero-order valence-corrected chi connectivity index (χ0v) is 15.2. The largest absolute Gasteiger partial charge is 0.355 e. The number of hydrogen-bond donors (Lipinski definition) is 3. The Bertz CT molecular complexity index is 974. The number of amides is 2. The van der Waals surface area contributed by atoms with E-state index < -0.39 is 0 Å². The van der Waals surface area contributed by atoms with Crippen LogP contribution in [-0.2, 0) is 4.79 Å². The summed E-state index contributed by atoms with van der Waals surface area (Å²) in [5.41, 5.74) is 3.06. The van der Waals surface area contributed by atoms with Crippen molar-refractivity contribution in [1.82, 2.24) is 4.98 Å². The first-order valence-corrected chi connectivity index (χ1v) is 8.55. The summed E-state index contributed by atoms with van der Waals surface area (Å²) >= 11 is 5.85. The van der Waals surface area contributed by atoms with Crippen LogP contribution in [0.25, 0.3) is 0 Å². The van der Waals surface area contributed by atoms with Gasteiger partial charge in [0.15, 0.2) is 0 Å². The summed E-state index contributed by atoms with van der Waals surface area (Å²) in [5, 5.41) is 9.29. The van der Waals surface area contributed by atoms with Crippen LogP contribution in [0.4, 0.5) is 22.7 Å². The van der Waals surface area contributed by atoms with E-state index >= 15 is 0 Å². The molecule has 0 aliphatic carbocycles. The maximum absolute atomic E-state index is 12.4. The molecule has 27 heavy (non-hydrogen) atoms. The van der Waals surface area contributed by atoms with Crippen molar-refractivity contribution in [1.29, 1.82) is 0 Å². The standard InChI is InChI=1S/C20H17ClN4O2/c1-13(26)23-16-3-2-4-17(11-16)24-18-9-10-22-19(12-18)20(27)25-15-7-5-14(21)6-8-15/h2-12H,1H3,(H,22,24)(H,23,26)(H,25,27). The van der Waals surface area contributed by atoms with Crippen LogP contribution in [-0.4, -0.2) is 16.8 Å². The minimum absolute atomic E-state index is 0.141. The number of rotatable bonds is 5. The topological polar surface area (TPSA) is 83.1 Å². The molecule has 1 heterocycles. The molecule has 0 saturated heterocycles. The second-order valence-corrected chi connectivity index (χ2v) is 6.21. The SMILES string of the molecule is CC(=O)Nc1cccc(Nc2ccnc(C(=O)Nc3ccc(Cl)cc3)c2)c1. The molecule has 3 aromatic rings. The number of nitrogens with one attached hydrogen (secondary N) is 3. The Kier molecular flexibility index (Phi) is 5.68. The van der Waals surface area contributed by atoms with Crippen LogP contribution in [0.1, 0.15) is 17.4 Å². The van der Waals surface area contributed by atoms with Gasteiger partial charge in [-0.3, -0.25) is 14.6 Å². The highest BCUT2D eigenvalue weighted by Gasteiger charge is 2.09. The molecule has 0 radical (unpaired) electrons. The van der Waals surface area contributed by atoms with E-state index in [1.165, 1.54) is 6.92 Å². The fraction of sp³-hybridized carbons (Fsp3) is 0.0500. The maximum atomic E-state index is 12.4. The molecular formula is C20H17ClN4O2. The van der Waals surface area contributed by atoms with E-state index in [9.17, 15) is 9.59 Å². The summed E-state index contributed by atoms with van der Waals surface area (Å²) in [6.07, 6.45) is 1.55. The van der Waals surface area contributed by atoms with E-state index in [0.717, 1.165) is 5.69 Å². The number of carbonyl (C=O) groups excluding carboxylic acids is 2. The van der Waals surface area contributed by atoms with Crippen molar-refractivity contribution in [3.8, 4) is 0 Å². The van der Waals surface area contributed by atoms with Gasteiger partial charge in [0.1, 0.15) is 5.69 Å². The van der Waals surface area contributed by atoms with Gasteiger partial charge >= 0.3 is 0 Å². The van der Waals surface area contributed by atoms with Gasteiger partial charge in [0.25, 0.3) is 5.91 Å². The lowest BCUT2D eigenvalue weighted by Gasteiger charge is -2.10. The molecule has 136 valence electrons. The Morgan fingerprint density at radius 3 is 2.30 bits per heavy atom. The van der Waals surface area contributed by atoms with Gasteiger partial charge in [-0.2, -0.15) is 0 Å². The van der Waals surface area contributed by atoms with Crippen molar-refractivity contribution in [2.45, 2.75) is 6.92 Å². The van der Waals surface area contributed by atoms with Crippen molar-refractivity contribution >= 4 is 46.2 Å². The predicted octanol–water partition coefficient (Wildman–Crippen LogP) is 4.69. The third-order valence-corrected chi connectivity index (χ3v) is 3.82. The van der Waals surface area contributed by atoms with Crippen molar-refractivity contribution in [3.05, 3.63) is 77.6 Å². The number of anilines is 4. The molecule has 0 atom stereocenters. The van der Waals surface area contributed by atoms with E-state index in [1.54, 1.807) is 54.7 Å². The van der Waals surface area contributed by atoms with E-state index in [1.807, 2.05) is 12.1 Å². The van der Waals surface area contributed by atoms with Crippen LogP contribution >= 0.6 is 11.6 Å². The number of pyridine rings is 1. The smallest absolute Gasteiger partial charge is 0.274 e. The van der Waals surface area contributed by atoms with E-state index in [0.29, 0.717) is 22.1 Å². The van der Waals surface area contributed by atoms with Gasteiger partial charge in [0.05, 0.1) is 0 Å². The maximum Gasteiger partial charge on any atom is 0.274 e. The number of benzene rings is 2. The van der Waals surface area contributed by atoms with Gasteiger partial charge in [-0.15, -0.1) is 0 Å². The van der Waals surface area contributed by atoms with Crippen molar-refractivity contribution in [2.75, 3.05) is 16.0 Å². The van der Waals surface area contributed by atoms with Gasteiger partial charge in [0, 0.05) is 40.9 Å². The summed E-state index contributed by atoms with van der Waals surface area (Å²) in [7, 11) is 0. The minimum Gasteiger partial charge on any atom is -0.355 e. The molecule has 3 N–H and O–H groups in total. The van der Waals surface area contributed by atoms with Gasteiger partial charge in [-0.25, -0.2) is 0 Å². The molecule has 0 aliphatic heterocycles. The highest BCUT2D eigenvalue weighted by atomic mass is 35.5. The Morgan fingerprint density at radius 2 is 1.56 bits per heavy atom. The van der Waals surface area contributed by atoms with Crippen LogP contribution in [0.2, 0.25) is 5.02 Å². The molecule has 2 aromatic carbocycles. The second-order valence-electron chi connectivity index (χ2n) is 5.78. The average molecular weight is 381 g/mol. The lowest BCUT2D eigenvalue weighted by Crippen LogP contribution is -2.13. The number of carbonyl (C=O) groups is 2. The first-order valence-electron chi connectivity index (χ1n) is 8.17. The molecule has 0 aliphatic rings. The Labute approximate surface area is 161 Å². The summed E-state index contributed by atoms with van der Waals surface area (Å²) in [5.74, 6) is -0.467. The molecule has 0 bridgehead atoms. The molecule has 0 fully saturated rings. The second kappa shape index (κ2) is 8.33. The molecular weight excluding hydrogens is 364 g/mol. The Hall–Kier alpha value is -3.38. The minimum atomic E-state index is -0.326. The van der Waals surface area contributed by atoms with Crippen LogP contribution in [0.15, 0.2) is 66.9 Å². The summed E-state index contributed by atoms with van der Waals surface area (Å²) in [4.78, 5) is 27.7. The number of aromatic nitrogens is 1. The molecule has 7 heteroatoms. The third-order valence-electron chi connectivity index (χ3n) is 3.57. The quantitative estimate of drug-likeness (QED) is 0.599. The zero-order chi connectivity index (χ0) is 19.2. The van der Waals surface area contributed by atoms with Gasteiger partial charge in [-0.05, 0) is 54.6 Å². The zero-order valence-electron chi connectivity index (χ0n) is 14.5. The summed E-state index contributed by atoms with van der Waals surface area (Å²) in [6.45, 7) is 1.45. The Balaban J connectivity index is 1.72. The monoisotopic (exact) mass is 380 g/mol. The van der Waals surface area contributed by atoms with Crippen molar-refractivity contribution in [3.63, 3.8) is 0 Å². The molecule has 0 saturated carbocycles. The van der Waals surface area contributed by atoms with Crippen molar-refractivity contribution in [2.24, 2.45) is 0 Å². The van der Waals surface area contributed by atoms with Crippen LogP contribution in [0.3, 0.4) is 0 Å². The normalized spacial score (nSPS) is 10.1. The van der Waals surface area contributed by atoms with Crippen LogP contribution < -0.4 is 16.0 Å².